The van der Waals surface area contributed by atoms with Crippen molar-refractivity contribution in [3.05, 3.63) is 36.2 Å². The van der Waals surface area contributed by atoms with E-state index in [-0.39, 0.29) is 0 Å². The molecule has 0 amide bonds. The summed E-state index contributed by atoms with van der Waals surface area (Å²) in [6, 6.07) is 0. The molecule has 2 nitrogen and oxygen atoms in total. The summed E-state index contributed by atoms with van der Waals surface area (Å²) in [4.78, 5) is 0. The molecule has 0 aromatic rings. The highest BCUT2D eigenvalue weighted by molar-refractivity contribution is 5.30. The van der Waals surface area contributed by atoms with E-state index >= 15 is 0 Å². The van der Waals surface area contributed by atoms with Crippen LogP contribution in [0.3, 0.4) is 0 Å². The number of allylic oxidation sites excluding steroid dienone is 3. The van der Waals surface area contributed by atoms with Crippen molar-refractivity contribution < 1.29 is 0 Å². The molecule has 0 aromatic heterocycles. The number of hydrogen-bond donors (Lipinski definition) is 2. The van der Waals surface area contributed by atoms with Gasteiger partial charge in [0.1, 0.15) is 0 Å². The molecule has 1 fully saturated rings. The Labute approximate surface area is 67.7 Å². The molecule has 2 N–H and O–H groups in total. The van der Waals surface area contributed by atoms with Crippen LogP contribution in [-0.4, -0.2) is 13.1 Å². The molecule has 2 heteroatoms. The van der Waals surface area contributed by atoms with Gasteiger partial charge in [0.25, 0.3) is 0 Å². The van der Waals surface area contributed by atoms with Gasteiger partial charge in [0.05, 0.1) is 11.4 Å². The lowest BCUT2D eigenvalue weighted by Gasteiger charge is -2.20. The Hall–Kier alpha value is -1.18. The average molecular weight is 150 g/mol. The highest BCUT2D eigenvalue weighted by Gasteiger charge is 2.04. The predicted octanol–water partition coefficient (Wildman–Crippen LogP) is 1.15. The molecule has 1 heterocycles. The van der Waals surface area contributed by atoms with Crippen LogP contribution in [0.2, 0.25) is 0 Å². The number of hydrogen-bond acceptors (Lipinski definition) is 2. The first-order valence-corrected chi connectivity index (χ1v) is 3.84. The molecule has 0 aromatic carbocycles. The van der Waals surface area contributed by atoms with Crippen LogP contribution < -0.4 is 10.6 Å². The SMILES string of the molecule is C=C1NCCN/C1=C/C=C\C. The standard InChI is InChI=1S/C9H14N2/c1-3-4-5-9-8(2)10-6-7-11-9/h3-5,10-11H,2,6-7H2,1H3/b4-3-,9-5+. The van der Waals surface area contributed by atoms with Crippen LogP contribution >= 0.6 is 0 Å². The van der Waals surface area contributed by atoms with Crippen molar-refractivity contribution in [3.8, 4) is 0 Å². The molecule has 0 bridgehead atoms. The van der Waals surface area contributed by atoms with Gasteiger partial charge in [0.2, 0.25) is 0 Å². The molecule has 1 aliphatic rings. The summed E-state index contributed by atoms with van der Waals surface area (Å²) in [7, 11) is 0. The Kier molecular flexibility index (Phi) is 2.78. The Morgan fingerprint density at radius 2 is 2.09 bits per heavy atom. The quantitative estimate of drug-likeness (QED) is 0.586. The lowest BCUT2D eigenvalue weighted by Crippen LogP contribution is -2.35. The van der Waals surface area contributed by atoms with Crippen molar-refractivity contribution in [1.82, 2.24) is 10.6 Å². The van der Waals surface area contributed by atoms with Crippen LogP contribution in [0.1, 0.15) is 6.92 Å². The highest BCUT2D eigenvalue weighted by Crippen LogP contribution is 2.03. The molecule has 1 rings (SSSR count). The molecule has 1 saturated heterocycles. The van der Waals surface area contributed by atoms with Crippen molar-refractivity contribution in [2.24, 2.45) is 0 Å². The van der Waals surface area contributed by atoms with Gasteiger partial charge in [-0.3, -0.25) is 0 Å². The first kappa shape index (κ1) is 7.92. The second kappa shape index (κ2) is 3.86. The van der Waals surface area contributed by atoms with Gasteiger partial charge >= 0.3 is 0 Å². The van der Waals surface area contributed by atoms with E-state index < -0.39 is 0 Å². The summed E-state index contributed by atoms with van der Waals surface area (Å²) in [5.74, 6) is 0. The van der Waals surface area contributed by atoms with Crippen LogP contribution in [0, 0.1) is 0 Å². The van der Waals surface area contributed by atoms with E-state index in [2.05, 4.69) is 17.2 Å². The van der Waals surface area contributed by atoms with Crippen molar-refractivity contribution in [2.45, 2.75) is 6.92 Å². The summed E-state index contributed by atoms with van der Waals surface area (Å²) in [6.07, 6.45) is 6.02. The van der Waals surface area contributed by atoms with E-state index in [9.17, 15) is 0 Å². The Morgan fingerprint density at radius 3 is 2.73 bits per heavy atom. The second-order valence-corrected chi connectivity index (χ2v) is 2.44. The molecule has 0 saturated carbocycles. The normalized spacial score (nSPS) is 21.9. The van der Waals surface area contributed by atoms with Crippen LogP contribution in [0.15, 0.2) is 36.2 Å². The number of rotatable bonds is 1. The molecular formula is C9H14N2. The summed E-state index contributed by atoms with van der Waals surface area (Å²) >= 11 is 0. The van der Waals surface area contributed by atoms with E-state index in [4.69, 9.17) is 0 Å². The Balaban J connectivity index is 2.61. The minimum atomic E-state index is 0.964. The predicted molar refractivity (Wildman–Crippen MR) is 48.0 cm³/mol. The maximum Gasteiger partial charge on any atom is 0.0570 e. The van der Waals surface area contributed by atoms with Crippen LogP contribution in [0.4, 0.5) is 0 Å². The van der Waals surface area contributed by atoms with E-state index in [0.717, 1.165) is 24.5 Å². The third kappa shape index (κ3) is 2.15. The topological polar surface area (TPSA) is 24.1 Å². The van der Waals surface area contributed by atoms with Crippen molar-refractivity contribution in [3.63, 3.8) is 0 Å². The number of piperazine rings is 1. The molecule has 11 heavy (non-hydrogen) atoms. The zero-order valence-electron chi connectivity index (χ0n) is 6.85. The molecular weight excluding hydrogens is 136 g/mol. The summed E-state index contributed by atoms with van der Waals surface area (Å²) in [5.41, 5.74) is 2.07. The van der Waals surface area contributed by atoms with Crippen LogP contribution in [0.25, 0.3) is 0 Å². The van der Waals surface area contributed by atoms with E-state index in [0.29, 0.717) is 0 Å². The summed E-state index contributed by atoms with van der Waals surface area (Å²) in [5, 5.41) is 6.43. The van der Waals surface area contributed by atoms with E-state index in [1.54, 1.807) is 0 Å². The average Bonchev–Trinajstić information content (AvgIpc) is 2.03. The van der Waals surface area contributed by atoms with Crippen molar-refractivity contribution in [2.75, 3.05) is 13.1 Å². The zero-order valence-corrected chi connectivity index (χ0v) is 6.85. The van der Waals surface area contributed by atoms with E-state index in [1.807, 2.05) is 25.2 Å². The molecule has 1 aliphatic heterocycles. The second-order valence-electron chi connectivity index (χ2n) is 2.44. The van der Waals surface area contributed by atoms with Gasteiger partial charge in [-0.15, -0.1) is 0 Å². The first-order valence-electron chi connectivity index (χ1n) is 3.84. The molecule has 60 valence electrons. The van der Waals surface area contributed by atoms with Gasteiger partial charge < -0.3 is 10.6 Å². The van der Waals surface area contributed by atoms with Crippen LogP contribution in [0.5, 0.6) is 0 Å². The minimum Gasteiger partial charge on any atom is -0.382 e. The largest absolute Gasteiger partial charge is 0.382 e. The fourth-order valence-corrected chi connectivity index (χ4v) is 0.964. The maximum atomic E-state index is 3.87. The highest BCUT2D eigenvalue weighted by atomic mass is 15.0. The maximum absolute atomic E-state index is 3.87. The van der Waals surface area contributed by atoms with Gasteiger partial charge in [-0.2, -0.15) is 0 Å². The molecule has 0 aliphatic carbocycles. The van der Waals surface area contributed by atoms with Gasteiger partial charge in [-0.25, -0.2) is 0 Å². The van der Waals surface area contributed by atoms with Gasteiger partial charge in [-0.05, 0) is 13.0 Å². The summed E-state index contributed by atoms with van der Waals surface area (Å²) in [6.45, 7) is 7.81. The molecule has 0 atom stereocenters. The third-order valence-corrected chi connectivity index (χ3v) is 1.56. The fourth-order valence-electron chi connectivity index (χ4n) is 0.964. The monoisotopic (exact) mass is 150 g/mol. The smallest absolute Gasteiger partial charge is 0.0570 e. The zero-order chi connectivity index (χ0) is 8.10. The third-order valence-electron chi connectivity index (χ3n) is 1.56. The first-order chi connectivity index (χ1) is 5.34. The minimum absolute atomic E-state index is 0.964. The number of nitrogens with one attached hydrogen (secondary N) is 2. The fraction of sp³-hybridized carbons (Fsp3) is 0.333. The lowest BCUT2D eigenvalue weighted by molar-refractivity contribution is 0.660. The van der Waals surface area contributed by atoms with Crippen molar-refractivity contribution >= 4 is 0 Å². The Bertz CT molecular complexity index is 202. The lowest BCUT2D eigenvalue weighted by atomic mass is 10.2. The molecule has 0 unspecified atom stereocenters. The van der Waals surface area contributed by atoms with Crippen LogP contribution in [-0.2, 0) is 0 Å². The van der Waals surface area contributed by atoms with E-state index in [1.165, 1.54) is 0 Å². The van der Waals surface area contributed by atoms with Gasteiger partial charge in [-0.1, -0.05) is 18.7 Å². The molecule has 0 radical (unpaired) electrons. The summed E-state index contributed by atoms with van der Waals surface area (Å²) < 4.78 is 0. The Morgan fingerprint density at radius 1 is 1.36 bits per heavy atom. The van der Waals surface area contributed by atoms with Gasteiger partial charge in [0.15, 0.2) is 0 Å². The molecule has 0 spiro atoms. The van der Waals surface area contributed by atoms with Crippen molar-refractivity contribution in [1.29, 1.82) is 0 Å². The van der Waals surface area contributed by atoms with Gasteiger partial charge in [0, 0.05) is 13.1 Å².